The zero-order valence-electron chi connectivity index (χ0n) is 26.1. The Bertz CT molecular complexity index is 1460. The van der Waals surface area contributed by atoms with Crippen molar-refractivity contribution in [3.05, 3.63) is 70.3 Å². The lowest BCUT2D eigenvalue weighted by molar-refractivity contribution is -0.156. The molecule has 0 saturated heterocycles. The molecule has 6 rings (SSSR count). The molecule has 2 bridgehead atoms. The number of fused-ring (bicyclic) bond motifs is 4. The van der Waals surface area contributed by atoms with Gasteiger partial charge in [-0.1, -0.05) is 42.8 Å². The molecule has 0 aromatic heterocycles. The first-order valence-electron chi connectivity index (χ1n) is 16.2. The van der Waals surface area contributed by atoms with Crippen LogP contribution in [0.5, 0.6) is 5.75 Å². The van der Waals surface area contributed by atoms with Crippen molar-refractivity contribution in [3.63, 3.8) is 0 Å². The molecule has 44 heavy (non-hydrogen) atoms. The van der Waals surface area contributed by atoms with Crippen LogP contribution in [-0.2, 0) is 27.0 Å². The zero-order valence-corrected chi connectivity index (χ0v) is 26.9. The van der Waals surface area contributed by atoms with Crippen LogP contribution in [0.1, 0.15) is 69.1 Å². The highest BCUT2D eigenvalue weighted by molar-refractivity contribution is 6.30. The van der Waals surface area contributed by atoms with Crippen LogP contribution in [0.4, 0.5) is 5.69 Å². The molecule has 1 amide bonds. The Morgan fingerprint density at radius 2 is 2.00 bits per heavy atom. The predicted molar refractivity (Wildman–Crippen MR) is 172 cm³/mol. The molecule has 4 aliphatic rings. The Hall–Kier alpha value is -2.87. The molecule has 7 nitrogen and oxygen atoms in total. The molecule has 1 saturated carbocycles. The van der Waals surface area contributed by atoms with E-state index in [1.807, 2.05) is 37.3 Å². The molecule has 1 spiro atoms. The van der Waals surface area contributed by atoms with Gasteiger partial charge in [-0.3, -0.25) is 9.59 Å². The summed E-state index contributed by atoms with van der Waals surface area (Å²) in [6, 6.07) is 11.7. The van der Waals surface area contributed by atoms with Gasteiger partial charge >= 0.3 is 0 Å². The summed E-state index contributed by atoms with van der Waals surface area (Å²) in [7, 11) is 1.71. The largest absolute Gasteiger partial charge is 0.490 e. The van der Waals surface area contributed by atoms with E-state index in [0.29, 0.717) is 43.9 Å². The van der Waals surface area contributed by atoms with Crippen molar-refractivity contribution >= 4 is 29.0 Å². The van der Waals surface area contributed by atoms with Crippen LogP contribution in [0.2, 0.25) is 5.02 Å². The fraction of sp³-hybridized carbons (Fsp3) is 0.556. The van der Waals surface area contributed by atoms with E-state index < -0.39 is 23.4 Å². The van der Waals surface area contributed by atoms with Crippen LogP contribution >= 0.6 is 11.6 Å². The quantitative estimate of drug-likeness (QED) is 0.436. The molecule has 2 aromatic carbocycles. The number of carbonyl (C=O) groups excluding carboxylic acids is 2. The molecule has 0 radical (unpaired) electrons. The van der Waals surface area contributed by atoms with Gasteiger partial charge in [0.15, 0.2) is 11.4 Å². The van der Waals surface area contributed by atoms with Crippen molar-refractivity contribution in [1.82, 2.24) is 4.90 Å². The molecule has 6 atom stereocenters. The molecular weight excluding hydrogens is 576 g/mol. The Labute approximate surface area is 265 Å². The number of ether oxygens (including phenoxy) is 1. The van der Waals surface area contributed by atoms with E-state index in [-0.39, 0.29) is 23.2 Å². The monoisotopic (exact) mass is 620 g/mol. The van der Waals surface area contributed by atoms with Gasteiger partial charge in [0.25, 0.3) is 0 Å². The average molecular weight is 621 g/mol. The average Bonchev–Trinajstić information content (AvgIpc) is 3.13. The van der Waals surface area contributed by atoms with Crippen LogP contribution in [0.25, 0.3) is 0 Å². The van der Waals surface area contributed by atoms with Crippen molar-refractivity contribution in [3.8, 4) is 5.75 Å². The van der Waals surface area contributed by atoms with E-state index in [9.17, 15) is 19.8 Å². The number of hydrogen-bond donors (Lipinski definition) is 2. The highest BCUT2D eigenvalue weighted by Gasteiger charge is 2.49. The highest BCUT2D eigenvalue weighted by Crippen LogP contribution is 2.48. The minimum Gasteiger partial charge on any atom is -0.490 e. The molecule has 0 unspecified atom stereocenters. The Kier molecular flexibility index (Phi) is 8.59. The van der Waals surface area contributed by atoms with E-state index in [1.54, 1.807) is 18.0 Å². The molecular formula is C36H45ClN2O5. The van der Waals surface area contributed by atoms with Gasteiger partial charge in [-0.05, 0) is 105 Å². The summed E-state index contributed by atoms with van der Waals surface area (Å²) in [6.07, 6.45) is 9.12. The Morgan fingerprint density at radius 1 is 1.18 bits per heavy atom. The summed E-state index contributed by atoms with van der Waals surface area (Å²) in [5, 5.41) is 24.1. The number of anilines is 1. The van der Waals surface area contributed by atoms with Gasteiger partial charge in [0.2, 0.25) is 5.91 Å². The van der Waals surface area contributed by atoms with E-state index in [2.05, 4.69) is 17.0 Å². The summed E-state index contributed by atoms with van der Waals surface area (Å²) in [5.74, 6) is -0.549. The maximum Gasteiger partial charge on any atom is 0.229 e. The SMILES string of the molecule is CC[C@@H]1C(=O)N(C)CC/C=C/[C@H](O)[C@@H]2CC[C@H]2CN2C[C@@]3(CCCc4cc(Cl)ccc43)COc3ccc(cc32)[C@@]1(O)C(C)=O. The lowest BCUT2D eigenvalue weighted by Gasteiger charge is -2.45. The van der Waals surface area contributed by atoms with E-state index in [0.717, 1.165) is 49.4 Å². The number of Topliss-reactive ketones (excluding diaryl/α,β-unsaturated/α-hetero) is 1. The number of nitrogens with zero attached hydrogens (tertiary/aromatic N) is 2. The summed E-state index contributed by atoms with van der Waals surface area (Å²) in [5.41, 5.74) is 1.50. The maximum atomic E-state index is 13.7. The van der Waals surface area contributed by atoms with Crippen LogP contribution in [0, 0.1) is 17.8 Å². The van der Waals surface area contributed by atoms with Crippen molar-refractivity contribution < 1.29 is 24.5 Å². The summed E-state index contributed by atoms with van der Waals surface area (Å²) < 4.78 is 6.64. The zero-order chi connectivity index (χ0) is 31.2. The fourth-order valence-electron chi connectivity index (χ4n) is 8.23. The molecule has 2 aliphatic carbocycles. The number of aliphatic hydroxyl groups excluding tert-OH is 1. The smallest absolute Gasteiger partial charge is 0.229 e. The van der Waals surface area contributed by atoms with Gasteiger partial charge in [-0.25, -0.2) is 0 Å². The second kappa shape index (κ2) is 12.1. The number of hydrogen-bond acceptors (Lipinski definition) is 6. The van der Waals surface area contributed by atoms with Gasteiger partial charge in [-0.2, -0.15) is 0 Å². The third kappa shape index (κ3) is 5.35. The minimum absolute atomic E-state index is 0.140. The van der Waals surface area contributed by atoms with Crippen molar-refractivity contribution in [2.75, 3.05) is 38.2 Å². The molecule has 8 heteroatoms. The number of rotatable bonds is 2. The van der Waals surface area contributed by atoms with Crippen molar-refractivity contribution in [1.29, 1.82) is 0 Å². The number of carbonyl (C=O) groups is 2. The van der Waals surface area contributed by atoms with Gasteiger partial charge in [0, 0.05) is 37.1 Å². The lowest BCUT2D eigenvalue weighted by atomic mass is 9.68. The van der Waals surface area contributed by atoms with Gasteiger partial charge < -0.3 is 24.7 Å². The Balaban J connectivity index is 1.49. The molecule has 2 heterocycles. The molecule has 2 N–H and O–H groups in total. The number of ketones is 1. The van der Waals surface area contributed by atoms with Gasteiger partial charge in [0.05, 0.1) is 24.3 Å². The normalized spacial score (nSPS) is 33.0. The number of benzene rings is 2. The first-order chi connectivity index (χ1) is 21.1. The lowest BCUT2D eigenvalue weighted by Crippen LogP contribution is -2.50. The first kappa shape index (κ1) is 31.1. The third-order valence-corrected chi connectivity index (χ3v) is 11.2. The molecule has 2 aromatic rings. The summed E-state index contributed by atoms with van der Waals surface area (Å²) in [4.78, 5) is 31.0. The van der Waals surface area contributed by atoms with E-state index in [4.69, 9.17) is 16.3 Å². The van der Waals surface area contributed by atoms with Gasteiger partial charge in [-0.15, -0.1) is 0 Å². The van der Waals surface area contributed by atoms with Crippen molar-refractivity contribution in [2.24, 2.45) is 17.8 Å². The van der Waals surface area contributed by atoms with Crippen LogP contribution in [0.3, 0.4) is 0 Å². The fourth-order valence-corrected chi connectivity index (χ4v) is 8.42. The Morgan fingerprint density at radius 3 is 2.73 bits per heavy atom. The summed E-state index contributed by atoms with van der Waals surface area (Å²) >= 11 is 6.42. The van der Waals surface area contributed by atoms with Gasteiger partial charge in [0.1, 0.15) is 5.75 Å². The number of aliphatic hydroxyl groups is 2. The molecule has 2 aliphatic heterocycles. The number of halogens is 1. The third-order valence-electron chi connectivity index (χ3n) is 10.9. The molecule has 236 valence electrons. The number of amides is 1. The maximum absolute atomic E-state index is 13.7. The van der Waals surface area contributed by atoms with Crippen molar-refractivity contribution in [2.45, 2.75) is 75.9 Å². The second-order valence-electron chi connectivity index (χ2n) is 13.5. The number of aryl methyl sites for hydroxylation is 1. The second-order valence-corrected chi connectivity index (χ2v) is 14.0. The van der Waals surface area contributed by atoms with Crippen LogP contribution < -0.4 is 9.64 Å². The topological polar surface area (TPSA) is 90.3 Å². The van der Waals surface area contributed by atoms with E-state index >= 15 is 0 Å². The minimum atomic E-state index is -1.99. The standard InChI is InChI=1S/C36H45ClN2O5/c1-4-29-34(42)38(3)17-6-5-9-32(41)28-13-10-25(28)20-39-21-35(16-7-8-24-18-27(37)12-14-30(24)35)22-44-33-15-11-26(19-31(33)39)36(29,43)23(2)40/h5,9,11-12,14-15,18-19,25,28-29,32,41,43H,4,6-8,10,13,16-17,20-22H2,1-3H3/b9-5+/t25-,28+,29+,32-,35-,36-/m0/s1. The highest BCUT2D eigenvalue weighted by atomic mass is 35.5. The summed E-state index contributed by atoms with van der Waals surface area (Å²) in [6.45, 7) is 5.56. The predicted octanol–water partition coefficient (Wildman–Crippen LogP) is 5.42. The molecule has 1 fully saturated rings. The van der Waals surface area contributed by atoms with Crippen LogP contribution in [0.15, 0.2) is 48.6 Å². The van der Waals surface area contributed by atoms with E-state index in [1.165, 1.54) is 18.1 Å². The first-order valence-corrected chi connectivity index (χ1v) is 16.6. The van der Waals surface area contributed by atoms with Crippen LogP contribution in [-0.4, -0.2) is 66.2 Å².